The van der Waals surface area contributed by atoms with Gasteiger partial charge in [-0.2, -0.15) is 5.10 Å². The summed E-state index contributed by atoms with van der Waals surface area (Å²) in [4.78, 5) is 29.9. The van der Waals surface area contributed by atoms with E-state index >= 15 is 0 Å². The molecule has 1 unspecified atom stereocenters. The highest BCUT2D eigenvalue weighted by Crippen LogP contribution is 2.41. The molecule has 2 aromatic heterocycles. The molecule has 26 heavy (non-hydrogen) atoms. The van der Waals surface area contributed by atoms with Crippen LogP contribution in [-0.4, -0.2) is 51.3 Å². The predicted molar refractivity (Wildman–Crippen MR) is 94.0 cm³/mol. The summed E-state index contributed by atoms with van der Waals surface area (Å²) in [5.74, 6) is 1.25. The van der Waals surface area contributed by atoms with Gasteiger partial charge in [-0.05, 0) is 12.1 Å². The van der Waals surface area contributed by atoms with E-state index in [9.17, 15) is 4.79 Å². The number of hydrogen-bond donors (Lipinski definition) is 1. The number of amides is 1. The zero-order chi connectivity index (χ0) is 17.9. The molecule has 0 aliphatic carbocycles. The van der Waals surface area contributed by atoms with E-state index in [-0.39, 0.29) is 5.91 Å². The number of benzene rings is 1. The van der Waals surface area contributed by atoms with Crippen molar-refractivity contribution >= 4 is 23.2 Å². The Morgan fingerprint density at radius 1 is 1.12 bits per heavy atom. The third-order valence-corrected chi connectivity index (χ3v) is 4.14. The summed E-state index contributed by atoms with van der Waals surface area (Å²) in [6.45, 7) is 0.880. The van der Waals surface area contributed by atoms with E-state index < -0.39 is 6.04 Å². The smallest absolute Gasteiger partial charge is 0.263 e. The van der Waals surface area contributed by atoms with Gasteiger partial charge in [0.2, 0.25) is 0 Å². The second-order valence-electron chi connectivity index (χ2n) is 5.66. The van der Waals surface area contributed by atoms with Crippen LogP contribution >= 0.6 is 0 Å². The maximum absolute atomic E-state index is 13.4. The van der Waals surface area contributed by atoms with E-state index in [0.717, 1.165) is 0 Å². The number of rotatable bonds is 5. The molecule has 1 aromatic carbocycles. The van der Waals surface area contributed by atoms with Crippen LogP contribution in [0.1, 0.15) is 11.9 Å². The second kappa shape index (κ2) is 6.89. The standard InChI is InChI=1S/C17H17N7O2/c1-26-10-9-23-13(14-20-11-21-22-14)17(25)24(12-5-3-2-4-6-12)16-15(23)18-7-8-19-16/h2-8,11,13H,9-10H2,1H3,(H,20,21,22). The van der Waals surface area contributed by atoms with Gasteiger partial charge in [0, 0.05) is 26.0 Å². The van der Waals surface area contributed by atoms with Crippen molar-refractivity contribution in [2.45, 2.75) is 6.04 Å². The van der Waals surface area contributed by atoms with Gasteiger partial charge < -0.3 is 9.64 Å². The summed E-state index contributed by atoms with van der Waals surface area (Å²) in [7, 11) is 1.61. The van der Waals surface area contributed by atoms with Gasteiger partial charge in [0.25, 0.3) is 5.91 Å². The fraction of sp³-hybridized carbons (Fsp3) is 0.235. The third-order valence-electron chi connectivity index (χ3n) is 4.14. The summed E-state index contributed by atoms with van der Waals surface area (Å²) >= 11 is 0. The van der Waals surface area contributed by atoms with Crippen molar-refractivity contribution in [3.8, 4) is 0 Å². The Labute approximate surface area is 149 Å². The largest absolute Gasteiger partial charge is 0.383 e. The predicted octanol–water partition coefficient (Wildman–Crippen LogP) is 1.47. The first-order valence-corrected chi connectivity index (χ1v) is 8.12. The van der Waals surface area contributed by atoms with Crippen LogP contribution in [0.4, 0.5) is 17.3 Å². The number of aromatic amines is 1. The number of nitrogens with zero attached hydrogens (tertiary/aromatic N) is 6. The van der Waals surface area contributed by atoms with Crippen molar-refractivity contribution < 1.29 is 9.53 Å². The quantitative estimate of drug-likeness (QED) is 0.743. The van der Waals surface area contributed by atoms with Gasteiger partial charge in [0.15, 0.2) is 23.5 Å². The summed E-state index contributed by atoms with van der Waals surface area (Å²) in [5.41, 5.74) is 0.714. The van der Waals surface area contributed by atoms with E-state index in [1.165, 1.54) is 6.33 Å². The second-order valence-corrected chi connectivity index (χ2v) is 5.66. The highest BCUT2D eigenvalue weighted by atomic mass is 16.5. The van der Waals surface area contributed by atoms with E-state index in [0.29, 0.717) is 36.3 Å². The molecule has 9 nitrogen and oxygen atoms in total. The number of fused-ring (bicyclic) bond motifs is 1. The molecular formula is C17H17N7O2. The lowest BCUT2D eigenvalue weighted by atomic mass is 10.1. The van der Waals surface area contributed by atoms with Crippen molar-refractivity contribution in [1.82, 2.24) is 25.1 Å². The number of carbonyl (C=O) groups is 1. The Balaban J connectivity index is 1.88. The van der Waals surface area contributed by atoms with Crippen molar-refractivity contribution in [3.63, 3.8) is 0 Å². The maximum Gasteiger partial charge on any atom is 0.263 e. The van der Waals surface area contributed by atoms with E-state index in [2.05, 4.69) is 25.1 Å². The van der Waals surface area contributed by atoms with Crippen LogP contribution in [0.5, 0.6) is 0 Å². The van der Waals surface area contributed by atoms with Gasteiger partial charge >= 0.3 is 0 Å². The molecule has 1 aliphatic heterocycles. The van der Waals surface area contributed by atoms with Crippen molar-refractivity contribution in [2.75, 3.05) is 30.1 Å². The van der Waals surface area contributed by atoms with E-state index in [1.54, 1.807) is 24.4 Å². The number of ether oxygens (including phenoxy) is 1. The number of carbonyl (C=O) groups excluding carboxylic acids is 1. The number of hydrogen-bond acceptors (Lipinski definition) is 7. The molecule has 0 bridgehead atoms. The molecule has 132 valence electrons. The Morgan fingerprint density at radius 3 is 2.58 bits per heavy atom. The Bertz CT molecular complexity index is 885. The Hall–Kier alpha value is -3.33. The molecule has 1 atom stereocenters. The summed E-state index contributed by atoms with van der Waals surface area (Å²) < 4.78 is 5.21. The van der Waals surface area contributed by atoms with Crippen LogP contribution in [0.3, 0.4) is 0 Å². The summed E-state index contributed by atoms with van der Waals surface area (Å²) in [6.07, 6.45) is 4.63. The zero-order valence-electron chi connectivity index (χ0n) is 14.1. The summed E-state index contributed by atoms with van der Waals surface area (Å²) in [5, 5.41) is 6.81. The molecule has 4 rings (SSSR count). The SMILES string of the molecule is COCCN1c2nccnc2N(c2ccccc2)C(=O)C1c1nc[nH]n1. The van der Waals surface area contributed by atoms with Crippen LogP contribution in [-0.2, 0) is 9.53 Å². The molecule has 0 saturated carbocycles. The average Bonchev–Trinajstić information content (AvgIpc) is 3.21. The summed E-state index contributed by atoms with van der Waals surface area (Å²) in [6, 6.07) is 8.63. The molecule has 0 radical (unpaired) electrons. The third kappa shape index (κ3) is 2.68. The highest BCUT2D eigenvalue weighted by molar-refractivity contribution is 6.08. The minimum atomic E-state index is -0.721. The number of para-hydroxylation sites is 1. The molecule has 0 spiro atoms. The van der Waals surface area contributed by atoms with Gasteiger partial charge in [-0.15, -0.1) is 0 Å². The molecule has 3 heterocycles. The monoisotopic (exact) mass is 351 g/mol. The Kier molecular flexibility index (Phi) is 4.28. The van der Waals surface area contributed by atoms with E-state index in [4.69, 9.17) is 4.74 Å². The first kappa shape index (κ1) is 16.2. The van der Waals surface area contributed by atoms with E-state index in [1.807, 2.05) is 35.2 Å². The molecule has 1 aliphatic rings. The zero-order valence-corrected chi connectivity index (χ0v) is 14.1. The van der Waals surface area contributed by atoms with Gasteiger partial charge in [0.1, 0.15) is 6.33 Å². The fourth-order valence-electron chi connectivity index (χ4n) is 3.02. The van der Waals surface area contributed by atoms with Gasteiger partial charge in [-0.1, -0.05) is 18.2 Å². The number of aromatic nitrogens is 5. The van der Waals surface area contributed by atoms with Crippen LogP contribution < -0.4 is 9.80 Å². The van der Waals surface area contributed by atoms with Gasteiger partial charge in [-0.25, -0.2) is 15.0 Å². The number of H-pyrrole nitrogens is 1. The highest BCUT2D eigenvalue weighted by Gasteiger charge is 2.43. The first-order chi connectivity index (χ1) is 12.8. The van der Waals surface area contributed by atoms with Crippen molar-refractivity contribution in [1.29, 1.82) is 0 Å². The molecule has 0 fully saturated rings. The number of nitrogens with one attached hydrogen (secondary N) is 1. The molecule has 0 saturated heterocycles. The minimum Gasteiger partial charge on any atom is -0.383 e. The number of anilines is 3. The van der Waals surface area contributed by atoms with Gasteiger partial charge in [0.05, 0.1) is 12.3 Å². The fourth-order valence-corrected chi connectivity index (χ4v) is 3.02. The number of methoxy groups -OCH3 is 1. The van der Waals surface area contributed by atoms with Crippen LogP contribution in [0.15, 0.2) is 49.1 Å². The van der Waals surface area contributed by atoms with Gasteiger partial charge in [-0.3, -0.25) is 14.8 Å². The minimum absolute atomic E-state index is 0.195. The van der Waals surface area contributed by atoms with Crippen molar-refractivity contribution in [2.24, 2.45) is 0 Å². The normalized spacial score (nSPS) is 16.7. The lowest BCUT2D eigenvalue weighted by Crippen LogP contribution is -2.48. The van der Waals surface area contributed by atoms with Crippen LogP contribution in [0.25, 0.3) is 0 Å². The topological polar surface area (TPSA) is 100 Å². The van der Waals surface area contributed by atoms with Crippen LogP contribution in [0.2, 0.25) is 0 Å². The average molecular weight is 351 g/mol. The molecular weight excluding hydrogens is 334 g/mol. The lowest BCUT2D eigenvalue weighted by molar-refractivity contribution is -0.119. The molecule has 1 N–H and O–H groups in total. The first-order valence-electron chi connectivity index (χ1n) is 8.12. The lowest BCUT2D eigenvalue weighted by Gasteiger charge is -2.39. The Morgan fingerprint density at radius 2 is 1.88 bits per heavy atom. The maximum atomic E-state index is 13.4. The molecule has 9 heteroatoms. The molecule has 3 aromatic rings. The molecule has 1 amide bonds. The van der Waals surface area contributed by atoms with Crippen molar-refractivity contribution in [3.05, 3.63) is 54.9 Å². The van der Waals surface area contributed by atoms with Crippen LogP contribution in [0, 0.1) is 0 Å².